The molecule has 0 bridgehead atoms. The third-order valence-corrected chi connectivity index (χ3v) is 4.31. The second kappa shape index (κ2) is 5.68. The van der Waals surface area contributed by atoms with Gasteiger partial charge in [-0.05, 0) is 0 Å². The lowest BCUT2D eigenvalue weighted by Crippen LogP contribution is -2.36. The van der Waals surface area contributed by atoms with Crippen LogP contribution in [-0.2, 0) is 0 Å². The average molecular weight is 292 g/mol. The van der Waals surface area contributed by atoms with Crippen molar-refractivity contribution < 1.29 is 14.4 Å². The molecule has 2 unspecified atom stereocenters. The number of rotatable bonds is 3. The highest BCUT2D eigenvalue weighted by molar-refractivity contribution is 6.17. The molecule has 0 saturated heterocycles. The van der Waals surface area contributed by atoms with Gasteiger partial charge in [-0.3, -0.25) is 14.4 Å². The van der Waals surface area contributed by atoms with Gasteiger partial charge in [0.05, 0.1) is 0 Å². The van der Waals surface area contributed by atoms with Gasteiger partial charge in [0.1, 0.15) is 0 Å². The Kier molecular flexibility index (Phi) is 3.72. The van der Waals surface area contributed by atoms with Crippen molar-refractivity contribution in [2.45, 2.75) is 13.3 Å². The molecule has 2 atom stereocenters. The Morgan fingerprint density at radius 3 is 2.05 bits per heavy atom. The van der Waals surface area contributed by atoms with Gasteiger partial charge in [-0.25, -0.2) is 0 Å². The monoisotopic (exact) mass is 292 g/mol. The molecule has 0 amide bonds. The summed E-state index contributed by atoms with van der Waals surface area (Å²) in [6, 6.07) is 15.7. The van der Waals surface area contributed by atoms with Gasteiger partial charge in [0, 0.05) is 34.9 Å². The summed E-state index contributed by atoms with van der Waals surface area (Å²) in [5.41, 5.74) is 1.49. The third-order valence-electron chi connectivity index (χ3n) is 4.31. The summed E-state index contributed by atoms with van der Waals surface area (Å²) in [5.74, 6) is -1.30. The van der Waals surface area contributed by atoms with Gasteiger partial charge in [0.15, 0.2) is 17.3 Å². The second-order valence-electron chi connectivity index (χ2n) is 5.66. The second-order valence-corrected chi connectivity index (χ2v) is 5.66. The first kappa shape index (κ1) is 14.4. The van der Waals surface area contributed by atoms with Crippen LogP contribution in [0.15, 0.2) is 54.6 Å². The van der Waals surface area contributed by atoms with Crippen LogP contribution >= 0.6 is 0 Å². The number of hydrogen-bond acceptors (Lipinski definition) is 3. The molecule has 3 nitrogen and oxygen atoms in total. The average Bonchev–Trinajstić information content (AvgIpc) is 2.57. The van der Waals surface area contributed by atoms with E-state index in [2.05, 4.69) is 0 Å². The number of ketones is 3. The number of Topliss-reactive ketones (excluding diaryl/α,β-unsaturated/α-hetero) is 3. The van der Waals surface area contributed by atoms with Crippen molar-refractivity contribution in [3.63, 3.8) is 0 Å². The maximum Gasteiger partial charge on any atom is 0.167 e. The number of benzene rings is 2. The molecule has 0 aliphatic heterocycles. The predicted molar refractivity (Wildman–Crippen MR) is 83.1 cm³/mol. The van der Waals surface area contributed by atoms with Crippen molar-refractivity contribution >= 4 is 17.3 Å². The molecule has 1 aliphatic rings. The SMILES string of the molecule is CC1C(=O)c2ccccc2C(=O)C1CC(=O)c1ccccc1. The van der Waals surface area contributed by atoms with E-state index in [-0.39, 0.29) is 23.8 Å². The summed E-state index contributed by atoms with van der Waals surface area (Å²) in [7, 11) is 0. The molecular weight excluding hydrogens is 276 g/mol. The van der Waals surface area contributed by atoms with Crippen LogP contribution in [0.25, 0.3) is 0 Å². The lowest BCUT2D eigenvalue weighted by atomic mass is 9.72. The zero-order valence-electron chi connectivity index (χ0n) is 12.3. The molecule has 0 fully saturated rings. The molecule has 110 valence electrons. The molecule has 22 heavy (non-hydrogen) atoms. The van der Waals surface area contributed by atoms with E-state index < -0.39 is 11.8 Å². The molecule has 2 aromatic carbocycles. The fourth-order valence-corrected chi connectivity index (χ4v) is 2.98. The van der Waals surface area contributed by atoms with Crippen molar-refractivity contribution in [2.75, 3.05) is 0 Å². The van der Waals surface area contributed by atoms with Crippen LogP contribution in [0.2, 0.25) is 0 Å². The molecular formula is C19H16O3. The van der Waals surface area contributed by atoms with E-state index in [0.29, 0.717) is 16.7 Å². The van der Waals surface area contributed by atoms with E-state index in [1.165, 1.54) is 0 Å². The maximum absolute atomic E-state index is 12.6. The summed E-state index contributed by atoms with van der Waals surface area (Å²) in [4.78, 5) is 37.4. The standard InChI is InChI=1S/C19H16O3/c1-12-16(11-17(20)13-7-3-2-4-8-13)19(22)15-10-6-5-9-14(15)18(12)21/h2-10,12,16H,11H2,1H3. The predicted octanol–water partition coefficient (Wildman–Crippen LogP) is 3.59. The van der Waals surface area contributed by atoms with Crippen molar-refractivity contribution in [3.05, 3.63) is 71.3 Å². The summed E-state index contributed by atoms with van der Waals surface area (Å²) in [6.45, 7) is 1.74. The summed E-state index contributed by atoms with van der Waals surface area (Å²) >= 11 is 0. The number of hydrogen-bond donors (Lipinski definition) is 0. The van der Waals surface area contributed by atoms with Gasteiger partial charge in [0.25, 0.3) is 0 Å². The lowest BCUT2D eigenvalue weighted by Gasteiger charge is -2.27. The van der Waals surface area contributed by atoms with Gasteiger partial charge in [-0.2, -0.15) is 0 Å². The van der Waals surface area contributed by atoms with Gasteiger partial charge >= 0.3 is 0 Å². The Morgan fingerprint density at radius 2 is 1.41 bits per heavy atom. The van der Waals surface area contributed by atoms with Crippen molar-refractivity contribution in [1.29, 1.82) is 0 Å². The lowest BCUT2D eigenvalue weighted by molar-refractivity contribution is 0.0713. The van der Waals surface area contributed by atoms with Crippen LogP contribution in [-0.4, -0.2) is 17.3 Å². The normalized spacial score (nSPS) is 20.6. The van der Waals surface area contributed by atoms with Gasteiger partial charge < -0.3 is 0 Å². The summed E-state index contributed by atoms with van der Waals surface area (Å²) < 4.78 is 0. The topological polar surface area (TPSA) is 51.2 Å². The molecule has 0 spiro atoms. The Hall–Kier alpha value is -2.55. The Bertz CT molecular complexity index is 746. The molecule has 3 heteroatoms. The maximum atomic E-state index is 12.6. The van der Waals surface area contributed by atoms with Crippen LogP contribution in [0.1, 0.15) is 44.4 Å². The molecule has 0 aromatic heterocycles. The Balaban J connectivity index is 1.90. The quantitative estimate of drug-likeness (QED) is 0.812. The molecule has 0 N–H and O–H groups in total. The summed E-state index contributed by atoms with van der Waals surface area (Å²) in [5, 5.41) is 0. The van der Waals surface area contributed by atoms with E-state index in [0.717, 1.165) is 0 Å². The van der Waals surface area contributed by atoms with E-state index in [4.69, 9.17) is 0 Å². The Morgan fingerprint density at radius 1 is 0.864 bits per heavy atom. The van der Waals surface area contributed by atoms with Crippen molar-refractivity contribution in [1.82, 2.24) is 0 Å². The number of carbonyl (C=O) groups is 3. The van der Waals surface area contributed by atoms with E-state index in [1.807, 2.05) is 6.07 Å². The van der Waals surface area contributed by atoms with Gasteiger partial charge in [-0.15, -0.1) is 0 Å². The largest absolute Gasteiger partial charge is 0.294 e. The van der Waals surface area contributed by atoms with Crippen LogP contribution in [0, 0.1) is 11.8 Å². The van der Waals surface area contributed by atoms with E-state index in [1.54, 1.807) is 55.5 Å². The Labute approximate surface area is 129 Å². The van der Waals surface area contributed by atoms with Gasteiger partial charge in [0.2, 0.25) is 0 Å². The zero-order valence-corrected chi connectivity index (χ0v) is 12.3. The molecule has 1 aliphatic carbocycles. The molecule has 0 saturated carbocycles. The molecule has 0 radical (unpaired) electrons. The minimum Gasteiger partial charge on any atom is -0.294 e. The molecule has 2 aromatic rings. The number of carbonyl (C=O) groups excluding carboxylic acids is 3. The number of fused-ring (bicyclic) bond motifs is 1. The molecule has 0 heterocycles. The fraction of sp³-hybridized carbons (Fsp3) is 0.211. The van der Waals surface area contributed by atoms with E-state index >= 15 is 0 Å². The van der Waals surface area contributed by atoms with E-state index in [9.17, 15) is 14.4 Å². The first-order valence-corrected chi connectivity index (χ1v) is 7.35. The minimum atomic E-state index is -0.574. The van der Waals surface area contributed by atoms with Crippen molar-refractivity contribution in [2.24, 2.45) is 11.8 Å². The van der Waals surface area contributed by atoms with Gasteiger partial charge in [-0.1, -0.05) is 61.5 Å². The fourth-order valence-electron chi connectivity index (χ4n) is 2.98. The summed E-state index contributed by atoms with van der Waals surface area (Å²) in [6.07, 6.45) is 0.0735. The molecule has 3 rings (SSSR count). The van der Waals surface area contributed by atoms with Crippen LogP contribution in [0.5, 0.6) is 0 Å². The van der Waals surface area contributed by atoms with Crippen LogP contribution < -0.4 is 0 Å². The first-order valence-electron chi connectivity index (χ1n) is 7.35. The van der Waals surface area contributed by atoms with Crippen LogP contribution in [0.3, 0.4) is 0 Å². The first-order chi connectivity index (χ1) is 10.6. The third kappa shape index (κ3) is 2.39. The van der Waals surface area contributed by atoms with Crippen molar-refractivity contribution in [3.8, 4) is 0 Å². The zero-order chi connectivity index (χ0) is 15.7. The smallest absolute Gasteiger partial charge is 0.167 e. The highest BCUT2D eigenvalue weighted by Gasteiger charge is 2.39. The minimum absolute atomic E-state index is 0.0546. The van der Waals surface area contributed by atoms with Crippen LogP contribution in [0.4, 0.5) is 0 Å². The highest BCUT2D eigenvalue weighted by atomic mass is 16.1. The highest BCUT2D eigenvalue weighted by Crippen LogP contribution is 2.32.